The lowest BCUT2D eigenvalue weighted by atomic mass is 9.87. The highest BCUT2D eigenvalue weighted by Crippen LogP contribution is 2.30. The van der Waals surface area contributed by atoms with Gasteiger partial charge in [0.1, 0.15) is 11.5 Å². The first-order valence-corrected chi connectivity index (χ1v) is 12.4. The summed E-state index contributed by atoms with van der Waals surface area (Å²) < 4.78 is 16.4. The highest BCUT2D eigenvalue weighted by molar-refractivity contribution is 5.95. The Morgan fingerprint density at radius 3 is 2.46 bits per heavy atom. The molecule has 0 radical (unpaired) electrons. The summed E-state index contributed by atoms with van der Waals surface area (Å²) in [5.41, 5.74) is 14.1. The molecule has 39 heavy (non-hydrogen) atoms. The molecule has 0 fully saturated rings. The van der Waals surface area contributed by atoms with Gasteiger partial charge in [-0.05, 0) is 72.8 Å². The third-order valence-corrected chi connectivity index (χ3v) is 6.47. The minimum absolute atomic E-state index is 0.00385. The maximum absolute atomic E-state index is 15.0. The molecule has 1 heterocycles. The van der Waals surface area contributed by atoms with Gasteiger partial charge in [0.05, 0.1) is 29.2 Å². The Bertz CT molecular complexity index is 1500. The molecule has 6 N–H and O–H groups in total. The number of aldehydes is 1. The van der Waals surface area contributed by atoms with Gasteiger partial charge in [-0.25, -0.2) is 13.9 Å². The van der Waals surface area contributed by atoms with Crippen LogP contribution in [0.2, 0.25) is 0 Å². The van der Waals surface area contributed by atoms with Crippen LogP contribution in [0.15, 0.2) is 72.9 Å². The fourth-order valence-corrected chi connectivity index (χ4v) is 4.66. The quantitative estimate of drug-likeness (QED) is 0.275. The zero-order chi connectivity index (χ0) is 27.9. The molecule has 0 bridgehead atoms. The normalized spacial score (nSPS) is 13.9. The molecule has 0 spiro atoms. The maximum atomic E-state index is 15.0. The molecular weight excluding hydrogens is 499 g/mol. The third kappa shape index (κ3) is 6.02. The number of primary amides is 1. The molecule has 10 heteroatoms. The van der Waals surface area contributed by atoms with Crippen molar-refractivity contribution < 1.29 is 18.8 Å². The van der Waals surface area contributed by atoms with Gasteiger partial charge in [-0.15, -0.1) is 0 Å². The Morgan fingerprint density at radius 2 is 1.77 bits per heavy atom. The number of benzene rings is 3. The zero-order valence-corrected chi connectivity index (χ0v) is 21.4. The Kier molecular flexibility index (Phi) is 8.47. The van der Waals surface area contributed by atoms with Crippen molar-refractivity contribution in [2.75, 3.05) is 12.4 Å². The molecule has 200 valence electrons. The summed E-state index contributed by atoms with van der Waals surface area (Å²) in [6, 6.07) is 18.6. The Balaban J connectivity index is 0.00000172. The van der Waals surface area contributed by atoms with Crippen LogP contribution in [-0.4, -0.2) is 35.1 Å². The molecular formula is C29H29FN6O3. The molecule has 1 atom stereocenters. The minimum atomic E-state index is -0.805. The highest BCUT2D eigenvalue weighted by Gasteiger charge is 2.23. The van der Waals surface area contributed by atoms with Crippen molar-refractivity contribution in [2.45, 2.75) is 25.3 Å². The van der Waals surface area contributed by atoms with Crippen LogP contribution >= 0.6 is 0 Å². The van der Waals surface area contributed by atoms with Crippen LogP contribution in [0.3, 0.4) is 0 Å². The lowest BCUT2D eigenvalue weighted by molar-refractivity contribution is 0.0928. The first kappa shape index (κ1) is 27.2. The second-order valence-electron chi connectivity index (χ2n) is 8.84. The monoisotopic (exact) mass is 528 g/mol. The molecule has 1 aliphatic carbocycles. The first-order valence-electron chi connectivity index (χ1n) is 12.4. The largest absolute Gasteiger partial charge is 0.351 e. The number of nitrogens with zero attached hydrogens (tertiary/aromatic N) is 2. The van der Waals surface area contributed by atoms with Gasteiger partial charge in [0.15, 0.2) is 6.29 Å². The van der Waals surface area contributed by atoms with Crippen molar-refractivity contribution in [2.24, 2.45) is 11.5 Å². The zero-order valence-electron chi connectivity index (χ0n) is 21.4. The van der Waals surface area contributed by atoms with Crippen LogP contribution in [0.5, 0.6) is 0 Å². The van der Waals surface area contributed by atoms with Crippen molar-refractivity contribution in [1.29, 1.82) is 0 Å². The number of fused-ring (bicyclic) bond motifs is 1. The van der Waals surface area contributed by atoms with Gasteiger partial charge in [-0.2, -0.15) is 5.10 Å². The SMILES string of the molecule is CN.NC(=O)Nc1cn(-c2ccc(-c3ccc(C(=O)NC4CCCc5ccccc54)c(F)c3)cc2)nc1C=O. The van der Waals surface area contributed by atoms with Crippen LogP contribution in [0.4, 0.5) is 14.9 Å². The van der Waals surface area contributed by atoms with Gasteiger partial charge in [0, 0.05) is 0 Å². The van der Waals surface area contributed by atoms with E-state index in [2.05, 4.69) is 27.5 Å². The van der Waals surface area contributed by atoms with Gasteiger partial charge in [-0.3, -0.25) is 9.59 Å². The number of carbonyl (C=O) groups is 3. The summed E-state index contributed by atoms with van der Waals surface area (Å²) >= 11 is 0. The average molecular weight is 529 g/mol. The lowest BCUT2D eigenvalue weighted by Crippen LogP contribution is -2.31. The molecule has 9 nitrogen and oxygen atoms in total. The Hall–Kier alpha value is -4.83. The predicted molar refractivity (Wildman–Crippen MR) is 147 cm³/mol. The number of amides is 3. The van der Waals surface area contributed by atoms with E-state index in [9.17, 15) is 14.4 Å². The summed E-state index contributed by atoms with van der Waals surface area (Å²) in [7, 11) is 1.50. The molecule has 1 unspecified atom stereocenters. The van der Waals surface area contributed by atoms with Crippen LogP contribution in [0, 0.1) is 5.82 Å². The molecule has 0 saturated heterocycles. The second kappa shape index (κ2) is 12.1. The van der Waals surface area contributed by atoms with E-state index in [1.165, 1.54) is 35.6 Å². The molecule has 0 saturated carbocycles. The van der Waals surface area contributed by atoms with E-state index in [1.807, 2.05) is 18.2 Å². The topological polar surface area (TPSA) is 145 Å². The van der Waals surface area contributed by atoms with Crippen LogP contribution < -0.4 is 22.1 Å². The van der Waals surface area contributed by atoms with E-state index in [0.29, 0.717) is 17.5 Å². The van der Waals surface area contributed by atoms with Crippen molar-refractivity contribution in [3.8, 4) is 16.8 Å². The molecule has 4 aromatic rings. The number of aromatic nitrogens is 2. The van der Waals surface area contributed by atoms with Crippen LogP contribution in [0.1, 0.15) is 50.9 Å². The molecule has 5 rings (SSSR count). The summed E-state index contributed by atoms with van der Waals surface area (Å²) in [4.78, 5) is 35.3. The molecule has 0 aliphatic heterocycles. The number of halogens is 1. The fraction of sp³-hybridized carbons (Fsp3) is 0.172. The number of nitrogens with one attached hydrogen (secondary N) is 2. The van der Waals surface area contributed by atoms with E-state index in [0.717, 1.165) is 30.4 Å². The first-order chi connectivity index (χ1) is 18.9. The number of urea groups is 1. The number of nitrogens with two attached hydrogens (primary N) is 2. The summed E-state index contributed by atoms with van der Waals surface area (Å²) in [6.45, 7) is 0. The maximum Gasteiger partial charge on any atom is 0.316 e. The van der Waals surface area contributed by atoms with E-state index in [4.69, 9.17) is 5.73 Å². The molecule has 1 aromatic heterocycles. The summed E-state index contributed by atoms with van der Waals surface area (Å²) in [5, 5.41) is 9.48. The van der Waals surface area contributed by atoms with Crippen LogP contribution in [0.25, 0.3) is 16.8 Å². The van der Waals surface area contributed by atoms with E-state index < -0.39 is 17.8 Å². The summed E-state index contributed by atoms with van der Waals surface area (Å²) in [5.74, 6) is -1.04. The van der Waals surface area contributed by atoms with Gasteiger partial charge < -0.3 is 22.1 Å². The van der Waals surface area contributed by atoms with Crippen molar-refractivity contribution in [1.82, 2.24) is 15.1 Å². The number of aryl methyl sites for hydroxylation is 1. The van der Waals surface area contributed by atoms with Gasteiger partial charge in [0.2, 0.25) is 0 Å². The highest BCUT2D eigenvalue weighted by atomic mass is 19.1. The minimum Gasteiger partial charge on any atom is -0.351 e. The number of rotatable bonds is 6. The van der Waals surface area contributed by atoms with Crippen molar-refractivity contribution in [3.05, 3.63) is 101 Å². The van der Waals surface area contributed by atoms with Gasteiger partial charge >= 0.3 is 6.03 Å². The average Bonchev–Trinajstić information content (AvgIpc) is 3.36. The van der Waals surface area contributed by atoms with E-state index >= 15 is 4.39 Å². The predicted octanol–water partition coefficient (Wildman–Crippen LogP) is 4.36. The van der Waals surface area contributed by atoms with E-state index in [-0.39, 0.29) is 23.0 Å². The number of anilines is 1. The second-order valence-corrected chi connectivity index (χ2v) is 8.84. The Labute approximate surface area is 225 Å². The molecule has 1 aliphatic rings. The standard InChI is InChI=1S/C28H24FN5O3.CH5N/c29-23-14-19(10-13-22(23)27(36)31-24-7-3-5-18-4-1-2-6-21(18)24)17-8-11-20(12-9-17)34-15-25(32-28(30)37)26(16-35)33-34;1-2/h1-2,4,6,8-16,24H,3,5,7H2,(H,31,36)(H3,30,32,37);2H2,1H3. The smallest absolute Gasteiger partial charge is 0.316 e. The van der Waals surface area contributed by atoms with Gasteiger partial charge in [0.25, 0.3) is 5.91 Å². The number of hydrogen-bond acceptors (Lipinski definition) is 5. The van der Waals surface area contributed by atoms with Crippen LogP contribution in [-0.2, 0) is 6.42 Å². The number of carbonyl (C=O) groups excluding carboxylic acids is 3. The molecule has 3 aromatic carbocycles. The van der Waals surface area contributed by atoms with Crippen molar-refractivity contribution in [3.63, 3.8) is 0 Å². The van der Waals surface area contributed by atoms with Gasteiger partial charge in [-0.1, -0.05) is 42.5 Å². The van der Waals surface area contributed by atoms with Crippen molar-refractivity contribution >= 4 is 23.9 Å². The molecule has 3 amide bonds. The van der Waals surface area contributed by atoms with E-state index in [1.54, 1.807) is 30.3 Å². The summed E-state index contributed by atoms with van der Waals surface area (Å²) in [6.07, 6.45) is 4.76. The fourth-order valence-electron chi connectivity index (χ4n) is 4.66. The third-order valence-electron chi connectivity index (χ3n) is 6.47. The Morgan fingerprint density at radius 1 is 1.05 bits per heavy atom. The number of hydrogen-bond donors (Lipinski definition) is 4. The lowest BCUT2D eigenvalue weighted by Gasteiger charge is -2.26.